The number of nitrogens with zero attached hydrogens (tertiary/aromatic N) is 1. The Bertz CT molecular complexity index is 474. The van der Waals surface area contributed by atoms with Gasteiger partial charge < -0.3 is 4.90 Å². The predicted molar refractivity (Wildman–Crippen MR) is 63.6 cm³/mol. The molecule has 0 aliphatic carbocycles. The Balaban J connectivity index is 3.34. The van der Waals surface area contributed by atoms with Crippen LogP contribution in [-0.4, -0.2) is 19.4 Å². The van der Waals surface area contributed by atoms with Gasteiger partial charge in [0, 0.05) is 17.8 Å². The summed E-state index contributed by atoms with van der Waals surface area (Å²) in [5.74, 6) is 2.31. The normalized spacial score (nSPS) is 10.8. The summed E-state index contributed by atoms with van der Waals surface area (Å²) in [6.07, 6.45) is 0.996. The maximum atomic E-state index is 12.9. The minimum atomic E-state index is -4.52. The fraction of sp³-hybridized carbons (Fsp3) is 0.308. The number of benzene rings is 1. The number of carbonyl (C=O) groups excluding carboxylic acids is 1. The number of aldehydes is 1. The van der Waals surface area contributed by atoms with Crippen molar-refractivity contribution in [2.45, 2.75) is 13.1 Å². The molecule has 0 atom stereocenters. The van der Waals surface area contributed by atoms with Crippen LogP contribution >= 0.6 is 0 Å². The van der Waals surface area contributed by atoms with Crippen molar-refractivity contribution in [2.75, 3.05) is 18.0 Å². The number of rotatable bonds is 4. The lowest BCUT2D eigenvalue weighted by Gasteiger charge is -2.24. The van der Waals surface area contributed by atoms with Crippen LogP contribution in [0.1, 0.15) is 22.8 Å². The highest BCUT2D eigenvalue weighted by molar-refractivity contribution is 5.77. The van der Waals surface area contributed by atoms with E-state index in [4.69, 9.17) is 6.42 Å². The molecule has 18 heavy (non-hydrogen) atoms. The van der Waals surface area contributed by atoms with E-state index in [0.717, 1.165) is 6.07 Å². The van der Waals surface area contributed by atoms with Gasteiger partial charge in [0.2, 0.25) is 0 Å². The molecule has 1 rings (SSSR count). The van der Waals surface area contributed by atoms with Crippen LogP contribution in [0.2, 0.25) is 0 Å². The Morgan fingerprint density at radius 1 is 1.44 bits per heavy atom. The first kappa shape index (κ1) is 14.1. The third-order valence-electron chi connectivity index (χ3n) is 2.47. The molecular weight excluding hydrogens is 243 g/mol. The molecule has 0 heterocycles. The summed E-state index contributed by atoms with van der Waals surface area (Å²) >= 11 is 0. The van der Waals surface area contributed by atoms with Crippen molar-refractivity contribution in [3.63, 3.8) is 0 Å². The van der Waals surface area contributed by atoms with Gasteiger partial charge in [-0.1, -0.05) is 5.92 Å². The van der Waals surface area contributed by atoms with Gasteiger partial charge in [-0.3, -0.25) is 4.79 Å². The van der Waals surface area contributed by atoms with E-state index in [2.05, 4.69) is 5.92 Å². The molecule has 96 valence electrons. The van der Waals surface area contributed by atoms with Gasteiger partial charge in [-0.2, -0.15) is 13.2 Å². The van der Waals surface area contributed by atoms with Gasteiger partial charge in [-0.25, -0.2) is 0 Å². The monoisotopic (exact) mass is 255 g/mol. The van der Waals surface area contributed by atoms with E-state index in [9.17, 15) is 18.0 Å². The minimum absolute atomic E-state index is 0.00597. The fourth-order valence-corrected chi connectivity index (χ4v) is 1.61. The first-order chi connectivity index (χ1) is 8.43. The van der Waals surface area contributed by atoms with Gasteiger partial charge in [0.05, 0.1) is 12.1 Å². The molecule has 0 saturated carbocycles. The second kappa shape index (κ2) is 5.58. The largest absolute Gasteiger partial charge is 0.418 e. The number of alkyl halides is 3. The SMILES string of the molecule is C#CCN(CC)c1ccc(C=O)cc1C(F)(F)F. The summed E-state index contributed by atoms with van der Waals surface area (Å²) in [6, 6.07) is 3.45. The molecule has 0 aliphatic rings. The van der Waals surface area contributed by atoms with Crippen molar-refractivity contribution < 1.29 is 18.0 Å². The molecule has 0 bridgehead atoms. The van der Waals surface area contributed by atoms with Crippen LogP contribution in [0.4, 0.5) is 18.9 Å². The molecule has 0 spiro atoms. The second-order valence-corrected chi connectivity index (χ2v) is 3.61. The van der Waals surface area contributed by atoms with Crippen molar-refractivity contribution in [1.82, 2.24) is 0 Å². The van der Waals surface area contributed by atoms with E-state index >= 15 is 0 Å². The van der Waals surface area contributed by atoms with Crippen LogP contribution in [-0.2, 0) is 6.18 Å². The topological polar surface area (TPSA) is 20.3 Å². The number of terminal acetylenes is 1. The molecule has 0 amide bonds. The fourth-order valence-electron chi connectivity index (χ4n) is 1.61. The van der Waals surface area contributed by atoms with Crippen molar-refractivity contribution >= 4 is 12.0 Å². The molecule has 0 radical (unpaired) electrons. The lowest BCUT2D eigenvalue weighted by atomic mass is 10.1. The van der Waals surface area contributed by atoms with E-state index in [1.807, 2.05) is 0 Å². The summed E-state index contributed by atoms with van der Waals surface area (Å²) in [4.78, 5) is 12.0. The van der Waals surface area contributed by atoms with Crippen LogP contribution in [0.5, 0.6) is 0 Å². The van der Waals surface area contributed by atoms with Gasteiger partial charge in [0.1, 0.15) is 6.29 Å². The Labute approximate surface area is 103 Å². The molecule has 0 fully saturated rings. The van der Waals surface area contributed by atoms with E-state index in [-0.39, 0.29) is 17.8 Å². The summed E-state index contributed by atoms with van der Waals surface area (Å²) in [5, 5.41) is 0. The van der Waals surface area contributed by atoms with Gasteiger partial charge >= 0.3 is 6.18 Å². The third-order valence-corrected chi connectivity index (χ3v) is 2.47. The van der Waals surface area contributed by atoms with E-state index in [1.54, 1.807) is 6.92 Å². The number of carbonyl (C=O) groups is 1. The van der Waals surface area contributed by atoms with Crippen molar-refractivity contribution in [3.8, 4) is 12.3 Å². The van der Waals surface area contributed by atoms with Crippen molar-refractivity contribution in [2.24, 2.45) is 0 Å². The van der Waals surface area contributed by atoms with Crippen LogP contribution in [0.3, 0.4) is 0 Å². The lowest BCUT2D eigenvalue weighted by Crippen LogP contribution is -2.26. The molecule has 0 aliphatic heterocycles. The van der Waals surface area contributed by atoms with Crippen LogP contribution in [0.25, 0.3) is 0 Å². The number of hydrogen-bond acceptors (Lipinski definition) is 2. The second-order valence-electron chi connectivity index (χ2n) is 3.61. The maximum absolute atomic E-state index is 12.9. The Kier molecular flexibility index (Phi) is 4.38. The van der Waals surface area contributed by atoms with Gasteiger partial charge in [-0.15, -0.1) is 6.42 Å². The summed E-state index contributed by atoms with van der Waals surface area (Å²) in [7, 11) is 0. The Hall–Kier alpha value is -1.96. The van der Waals surface area contributed by atoms with Gasteiger partial charge in [0.25, 0.3) is 0 Å². The van der Waals surface area contributed by atoms with Gasteiger partial charge in [0.15, 0.2) is 0 Å². The molecule has 1 aromatic rings. The molecule has 2 nitrogen and oxygen atoms in total. The highest BCUT2D eigenvalue weighted by Gasteiger charge is 2.34. The number of halogens is 3. The highest BCUT2D eigenvalue weighted by Crippen LogP contribution is 2.37. The molecule has 5 heteroatoms. The first-order valence-electron chi connectivity index (χ1n) is 5.28. The molecule has 0 saturated heterocycles. The molecular formula is C13H12F3NO. The summed E-state index contributed by atoms with van der Waals surface area (Å²) < 4.78 is 38.7. The highest BCUT2D eigenvalue weighted by atomic mass is 19.4. The summed E-state index contributed by atoms with van der Waals surface area (Å²) in [5.41, 5.74) is -0.861. The number of anilines is 1. The Morgan fingerprint density at radius 3 is 2.56 bits per heavy atom. The molecule has 1 aromatic carbocycles. The van der Waals surface area contributed by atoms with Crippen LogP contribution < -0.4 is 4.90 Å². The van der Waals surface area contributed by atoms with E-state index < -0.39 is 11.7 Å². The molecule has 0 unspecified atom stereocenters. The maximum Gasteiger partial charge on any atom is 0.418 e. The van der Waals surface area contributed by atoms with Crippen LogP contribution in [0, 0.1) is 12.3 Å². The first-order valence-corrected chi connectivity index (χ1v) is 5.28. The minimum Gasteiger partial charge on any atom is -0.360 e. The Morgan fingerprint density at radius 2 is 2.11 bits per heavy atom. The molecule has 0 N–H and O–H groups in total. The standard InChI is InChI=1S/C13H12F3NO/c1-3-7-17(4-2)12-6-5-10(9-18)8-11(12)13(14,15)16/h1,5-6,8-9H,4,7H2,2H3. The van der Waals surface area contributed by atoms with Gasteiger partial charge in [-0.05, 0) is 25.1 Å². The predicted octanol–water partition coefficient (Wildman–Crippen LogP) is 2.98. The lowest BCUT2D eigenvalue weighted by molar-refractivity contribution is -0.137. The zero-order chi connectivity index (χ0) is 13.8. The smallest absolute Gasteiger partial charge is 0.360 e. The van der Waals surface area contributed by atoms with Crippen LogP contribution in [0.15, 0.2) is 18.2 Å². The van der Waals surface area contributed by atoms with E-state index in [0.29, 0.717) is 12.8 Å². The van der Waals surface area contributed by atoms with E-state index in [1.165, 1.54) is 17.0 Å². The average Bonchev–Trinajstić information content (AvgIpc) is 2.34. The third kappa shape index (κ3) is 3.04. The summed E-state index contributed by atoms with van der Waals surface area (Å²) in [6.45, 7) is 2.15. The van der Waals surface area contributed by atoms with Crippen molar-refractivity contribution in [3.05, 3.63) is 29.3 Å². The zero-order valence-electron chi connectivity index (χ0n) is 9.79. The zero-order valence-corrected chi connectivity index (χ0v) is 9.79. The quantitative estimate of drug-likeness (QED) is 0.609. The number of hydrogen-bond donors (Lipinski definition) is 0. The average molecular weight is 255 g/mol. The molecule has 0 aromatic heterocycles. The van der Waals surface area contributed by atoms with Crippen molar-refractivity contribution in [1.29, 1.82) is 0 Å².